The number of fused-ring (bicyclic) bond motifs is 1. The van der Waals surface area contributed by atoms with Crippen molar-refractivity contribution in [2.45, 2.75) is 38.4 Å². The van der Waals surface area contributed by atoms with E-state index in [9.17, 15) is 14.7 Å². The van der Waals surface area contributed by atoms with Crippen LogP contribution in [0.1, 0.15) is 54.3 Å². The maximum Gasteiger partial charge on any atom is 0.341 e. The van der Waals surface area contributed by atoms with Crippen LogP contribution in [-0.2, 0) is 5.54 Å². The maximum absolute atomic E-state index is 15.8. The van der Waals surface area contributed by atoms with Crippen LogP contribution in [-0.4, -0.2) is 28.7 Å². The number of carboxylic acid groups (broad SMARTS) is 1. The van der Waals surface area contributed by atoms with Crippen molar-refractivity contribution in [3.8, 4) is 0 Å². The van der Waals surface area contributed by atoms with E-state index in [1.807, 2.05) is 80.3 Å². The van der Waals surface area contributed by atoms with Gasteiger partial charge < -0.3 is 14.6 Å². The predicted molar refractivity (Wildman–Crippen MR) is 149 cm³/mol. The molecule has 6 nitrogen and oxygen atoms in total. The third-order valence-electron chi connectivity index (χ3n) is 7.05. The first-order valence-corrected chi connectivity index (χ1v) is 12.8. The Kier molecular flexibility index (Phi) is 6.75. The monoisotopic (exact) mass is 533 g/mol. The average Bonchev–Trinajstić information content (AvgIpc) is 2.88. The Morgan fingerprint density at radius 1 is 1.00 bits per heavy atom. The van der Waals surface area contributed by atoms with Gasteiger partial charge in [0.15, 0.2) is 0 Å². The van der Waals surface area contributed by atoms with Gasteiger partial charge in [0.05, 0.1) is 23.3 Å². The van der Waals surface area contributed by atoms with Gasteiger partial charge in [-0.25, -0.2) is 9.18 Å². The van der Waals surface area contributed by atoms with Gasteiger partial charge in [0.2, 0.25) is 5.43 Å². The summed E-state index contributed by atoms with van der Waals surface area (Å²) >= 11 is 6.13. The Hall–Kier alpha value is -3.68. The molecular formula is C30H29ClFN3O3. The van der Waals surface area contributed by atoms with Gasteiger partial charge in [0.25, 0.3) is 0 Å². The van der Waals surface area contributed by atoms with Gasteiger partial charge in [-0.2, -0.15) is 0 Å². The first-order valence-electron chi connectivity index (χ1n) is 12.5. The highest BCUT2D eigenvalue weighted by atomic mass is 35.5. The van der Waals surface area contributed by atoms with Crippen molar-refractivity contribution in [2.24, 2.45) is 0 Å². The molecule has 0 bridgehead atoms. The highest BCUT2D eigenvalue weighted by Crippen LogP contribution is 2.34. The van der Waals surface area contributed by atoms with Crippen LogP contribution in [0.4, 0.5) is 10.1 Å². The topological polar surface area (TPSA) is 74.6 Å². The molecule has 196 valence electrons. The summed E-state index contributed by atoms with van der Waals surface area (Å²) in [5, 5.41) is 14.0. The molecule has 1 aromatic heterocycles. The fraction of sp³-hybridized carbons (Fsp3) is 0.267. The van der Waals surface area contributed by atoms with Crippen LogP contribution in [0.2, 0.25) is 5.02 Å². The average molecular weight is 534 g/mol. The number of carboxylic acids is 1. The number of nitrogens with one attached hydrogen (secondary N) is 1. The van der Waals surface area contributed by atoms with Crippen molar-refractivity contribution in [1.82, 2.24) is 9.88 Å². The van der Waals surface area contributed by atoms with Crippen LogP contribution in [0.25, 0.3) is 10.9 Å². The molecule has 8 heteroatoms. The molecule has 0 aliphatic carbocycles. The number of aromatic nitrogens is 1. The molecule has 38 heavy (non-hydrogen) atoms. The fourth-order valence-electron chi connectivity index (χ4n) is 5.13. The Bertz CT molecular complexity index is 1560. The van der Waals surface area contributed by atoms with Crippen LogP contribution in [0, 0.1) is 5.82 Å². The Labute approximate surface area is 225 Å². The summed E-state index contributed by atoms with van der Waals surface area (Å²) < 4.78 is 17.5. The number of benzene rings is 3. The van der Waals surface area contributed by atoms with E-state index in [0.29, 0.717) is 29.3 Å². The summed E-state index contributed by atoms with van der Waals surface area (Å²) in [5.41, 5.74) is 1.33. The zero-order chi connectivity index (χ0) is 27.2. The van der Waals surface area contributed by atoms with Crippen molar-refractivity contribution < 1.29 is 14.3 Å². The molecule has 0 amide bonds. The van der Waals surface area contributed by atoms with E-state index in [4.69, 9.17) is 11.6 Å². The largest absolute Gasteiger partial charge is 0.477 e. The molecule has 2 heterocycles. The lowest BCUT2D eigenvalue weighted by Crippen LogP contribution is -2.48. The quantitative estimate of drug-likeness (QED) is 0.329. The zero-order valence-electron chi connectivity index (χ0n) is 21.4. The SMILES string of the molecule is CC(C)(C)n1cc(C(=O)O)c(=O)c2cc(F)c(N3CC(c4ccccc4)NC(c4ccc(Cl)cc4)C3)cc21. The van der Waals surface area contributed by atoms with Crippen molar-refractivity contribution >= 4 is 34.2 Å². The van der Waals surface area contributed by atoms with Crippen LogP contribution in [0.3, 0.4) is 0 Å². The van der Waals surface area contributed by atoms with Crippen molar-refractivity contribution in [2.75, 3.05) is 18.0 Å². The first kappa shape index (κ1) is 25.9. The van der Waals surface area contributed by atoms with Gasteiger partial charge in [-0.3, -0.25) is 10.1 Å². The van der Waals surface area contributed by atoms with E-state index >= 15 is 4.39 Å². The van der Waals surface area contributed by atoms with Gasteiger partial charge in [-0.15, -0.1) is 0 Å². The number of halogens is 2. The van der Waals surface area contributed by atoms with E-state index in [-0.39, 0.29) is 23.0 Å². The zero-order valence-corrected chi connectivity index (χ0v) is 22.2. The van der Waals surface area contributed by atoms with Gasteiger partial charge in [-0.1, -0.05) is 54.1 Å². The van der Waals surface area contributed by atoms with Gasteiger partial charge in [-0.05, 0) is 56.2 Å². The number of nitrogens with zero attached hydrogens (tertiary/aromatic N) is 2. The molecule has 1 fully saturated rings. The van der Waals surface area contributed by atoms with Crippen LogP contribution < -0.4 is 15.6 Å². The number of pyridine rings is 1. The van der Waals surface area contributed by atoms with Crippen LogP contribution in [0.5, 0.6) is 0 Å². The van der Waals surface area contributed by atoms with E-state index in [1.165, 1.54) is 12.3 Å². The van der Waals surface area contributed by atoms with Gasteiger partial charge in [0.1, 0.15) is 11.4 Å². The Morgan fingerprint density at radius 3 is 2.18 bits per heavy atom. The standard InChI is InChI=1S/C30H29ClFN3O3/c1-30(2,3)35-15-22(29(37)38)28(36)21-13-23(32)27(14-26(21)35)34-16-24(18-7-5-4-6-8-18)33-25(17-34)19-9-11-20(31)12-10-19/h4-15,24-25,33H,16-17H2,1-3H3,(H,37,38). The molecule has 2 unspecified atom stereocenters. The van der Waals surface area contributed by atoms with Gasteiger partial charge >= 0.3 is 5.97 Å². The lowest BCUT2D eigenvalue weighted by Gasteiger charge is -2.41. The number of aromatic carboxylic acids is 1. The maximum atomic E-state index is 15.8. The highest BCUT2D eigenvalue weighted by molar-refractivity contribution is 6.30. The van der Waals surface area contributed by atoms with Gasteiger partial charge in [0, 0.05) is 35.2 Å². The second kappa shape index (κ2) is 9.89. The van der Waals surface area contributed by atoms with E-state index < -0.39 is 22.8 Å². The number of rotatable bonds is 4. The molecule has 1 aliphatic heterocycles. The highest BCUT2D eigenvalue weighted by Gasteiger charge is 2.31. The molecule has 5 rings (SSSR count). The minimum Gasteiger partial charge on any atom is -0.477 e. The molecule has 1 aliphatic rings. The molecule has 3 aromatic carbocycles. The number of hydrogen-bond donors (Lipinski definition) is 2. The van der Waals surface area contributed by atoms with E-state index in [2.05, 4.69) is 5.32 Å². The number of hydrogen-bond acceptors (Lipinski definition) is 4. The summed E-state index contributed by atoms with van der Waals surface area (Å²) in [4.78, 5) is 26.8. The third kappa shape index (κ3) is 4.91. The predicted octanol–water partition coefficient (Wildman–Crippen LogP) is 6.14. The first-order chi connectivity index (χ1) is 18.0. The Morgan fingerprint density at radius 2 is 1.61 bits per heavy atom. The lowest BCUT2D eigenvalue weighted by atomic mass is 9.96. The molecule has 1 saturated heterocycles. The molecule has 0 saturated carbocycles. The van der Waals surface area contributed by atoms with E-state index in [0.717, 1.165) is 11.1 Å². The summed E-state index contributed by atoms with van der Waals surface area (Å²) in [6.07, 6.45) is 1.36. The molecule has 0 radical (unpaired) electrons. The van der Waals surface area contributed by atoms with Crippen molar-refractivity contribution in [3.63, 3.8) is 0 Å². The smallest absolute Gasteiger partial charge is 0.341 e. The molecule has 4 aromatic rings. The molecular weight excluding hydrogens is 505 g/mol. The lowest BCUT2D eigenvalue weighted by molar-refractivity contribution is 0.0694. The normalized spacial score (nSPS) is 18.1. The van der Waals surface area contributed by atoms with E-state index in [1.54, 1.807) is 10.6 Å². The second-order valence-electron chi connectivity index (χ2n) is 10.7. The number of piperazine rings is 1. The van der Waals surface area contributed by atoms with Crippen molar-refractivity contribution in [3.05, 3.63) is 111 Å². The number of carbonyl (C=O) groups is 1. The Balaban J connectivity index is 1.66. The van der Waals surface area contributed by atoms with Crippen LogP contribution in [0.15, 0.2) is 77.7 Å². The molecule has 2 atom stereocenters. The van der Waals surface area contributed by atoms with Crippen molar-refractivity contribution in [1.29, 1.82) is 0 Å². The molecule has 2 N–H and O–H groups in total. The fourth-order valence-corrected chi connectivity index (χ4v) is 5.25. The second-order valence-corrected chi connectivity index (χ2v) is 11.1. The number of anilines is 1. The van der Waals surface area contributed by atoms with Crippen LogP contribution >= 0.6 is 11.6 Å². The third-order valence-corrected chi connectivity index (χ3v) is 7.30. The minimum atomic E-state index is -1.34. The minimum absolute atomic E-state index is 0.0464. The molecule has 0 spiro atoms. The summed E-state index contributed by atoms with van der Waals surface area (Å²) in [6, 6.07) is 20.3. The summed E-state index contributed by atoms with van der Waals surface area (Å²) in [7, 11) is 0. The summed E-state index contributed by atoms with van der Waals surface area (Å²) in [5.74, 6) is -1.90. The summed E-state index contributed by atoms with van der Waals surface area (Å²) in [6.45, 7) is 6.74.